The third-order valence-electron chi connectivity index (χ3n) is 8.09. The molecule has 2 aromatic rings. The number of methoxy groups -OCH3 is 1. The van der Waals surface area contributed by atoms with Crippen molar-refractivity contribution in [2.45, 2.75) is 56.0 Å². The van der Waals surface area contributed by atoms with Crippen LogP contribution in [0.15, 0.2) is 42.7 Å². The van der Waals surface area contributed by atoms with E-state index in [1.807, 2.05) is 4.90 Å². The number of rotatable bonds is 6. The second-order valence-corrected chi connectivity index (χ2v) is 9.62. The monoisotopic (exact) mass is 435 g/mol. The zero-order valence-corrected chi connectivity index (χ0v) is 19.1. The third-order valence-corrected chi connectivity index (χ3v) is 8.09. The lowest BCUT2D eigenvalue weighted by molar-refractivity contribution is 0.0592. The molecule has 170 valence electrons. The lowest BCUT2D eigenvalue weighted by atomic mass is 9.68. The quantitative estimate of drug-likeness (QED) is 0.744. The Kier molecular flexibility index (Phi) is 5.53. The molecule has 2 aliphatic carbocycles. The molecule has 7 nitrogen and oxygen atoms in total. The number of amides is 2. The summed E-state index contributed by atoms with van der Waals surface area (Å²) in [4.78, 5) is 26.4. The van der Waals surface area contributed by atoms with E-state index in [2.05, 4.69) is 57.6 Å². The first-order valence-electron chi connectivity index (χ1n) is 11.8. The van der Waals surface area contributed by atoms with E-state index < -0.39 is 0 Å². The van der Waals surface area contributed by atoms with Gasteiger partial charge in [-0.1, -0.05) is 36.8 Å². The molecule has 0 unspecified atom stereocenters. The average Bonchev–Trinajstić information content (AvgIpc) is 3.09. The minimum absolute atomic E-state index is 0.0367. The number of anilines is 1. The Bertz CT molecular complexity index is 937. The minimum atomic E-state index is -0.149. The van der Waals surface area contributed by atoms with Crippen LogP contribution < -0.4 is 15.0 Å². The normalized spacial score (nSPS) is 28.2. The van der Waals surface area contributed by atoms with E-state index >= 15 is 0 Å². The summed E-state index contributed by atoms with van der Waals surface area (Å²) in [6.07, 6.45) is 10.9. The molecule has 0 atom stereocenters. The fraction of sp³-hybridized carbons (Fsp3) is 0.560. The highest BCUT2D eigenvalue weighted by Gasteiger charge is 2.54. The molecular weight excluding hydrogens is 402 g/mol. The van der Waals surface area contributed by atoms with Crippen molar-refractivity contribution < 1.29 is 9.53 Å². The summed E-state index contributed by atoms with van der Waals surface area (Å²) in [6, 6.07) is 10.8. The van der Waals surface area contributed by atoms with Crippen LogP contribution in [0.2, 0.25) is 0 Å². The van der Waals surface area contributed by atoms with Crippen LogP contribution in [0.3, 0.4) is 0 Å². The van der Waals surface area contributed by atoms with Gasteiger partial charge in [-0.25, -0.2) is 14.8 Å². The van der Waals surface area contributed by atoms with E-state index in [9.17, 15) is 4.79 Å². The molecule has 1 saturated heterocycles. The Morgan fingerprint density at radius 3 is 2.41 bits per heavy atom. The summed E-state index contributed by atoms with van der Waals surface area (Å²) in [7, 11) is 3.64. The molecule has 2 amide bonds. The zero-order valence-electron chi connectivity index (χ0n) is 19.1. The van der Waals surface area contributed by atoms with Crippen molar-refractivity contribution in [1.29, 1.82) is 0 Å². The number of carbonyl (C=O) groups excluding carboxylic acids is 1. The van der Waals surface area contributed by atoms with E-state index in [1.165, 1.54) is 24.8 Å². The van der Waals surface area contributed by atoms with E-state index in [0.29, 0.717) is 24.2 Å². The van der Waals surface area contributed by atoms with Crippen molar-refractivity contribution in [3.05, 3.63) is 48.3 Å². The van der Waals surface area contributed by atoms with Crippen molar-refractivity contribution in [3.63, 3.8) is 0 Å². The van der Waals surface area contributed by atoms with E-state index in [1.54, 1.807) is 19.5 Å². The second kappa shape index (κ2) is 8.35. The summed E-state index contributed by atoms with van der Waals surface area (Å²) in [5, 5.41) is 3.63. The second-order valence-electron chi connectivity index (χ2n) is 9.62. The smallest absolute Gasteiger partial charge is 0.326 e. The molecule has 3 aliphatic rings. The first-order valence-corrected chi connectivity index (χ1v) is 11.8. The van der Waals surface area contributed by atoms with Gasteiger partial charge in [-0.05, 0) is 57.1 Å². The maximum atomic E-state index is 13.6. The third kappa shape index (κ3) is 3.52. The first-order chi connectivity index (χ1) is 15.6. The predicted molar refractivity (Wildman–Crippen MR) is 124 cm³/mol. The molecule has 5 rings (SSSR count). The van der Waals surface area contributed by atoms with Gasteiger partial charge in [0.05, 0.1) is 31.6 Å². The van der Waals surface area contributed by atoms with Crippen LogP contribution in [0.1, 0.15) is 50.5 Å². The van der Waals surface area contributed by atoms with Crippen LogP contribution in [0.4, 0.5) is 10.6 Å². The topological polar surface area (TPSA) is 70.6 Å². The molecule has 0 radical (unpaired) electrons. The largest absolute Gasteiger partial charge is 0.480 e. The van der Waals surface area contributed by atoms with E-state index in [-0.39, 0.29) is 17.1 Å². The van der Waals surface area contributed by atoms with Gasteiger partial charge in [0.2, 0.25) is 5.88 Å². The van der Waals surface area contributed by atoms with Crippen LogP contribution in [0, 0.1) is 5.92 Å². The standard InChI is InChI=1S/C25H33N5O2/c1-26-25(20-9-4-3-5-10-20)13-11-24(12-14-25)18-29(21-15-28-22(32-2)16-27-21)23(31)30(24)17-19-7-6-8-19/h3-5,9-10,15-16,19,26H,6-8,11-14,17-18H2,1-2H3. The van der Waals surface area contributed by atoms with E-state index in [4.69, 9.17) is 4.74 Å². The van der Waals surface area contributed by atoms with Crippen molar-refractivity contribution in [2.24, 2.45) is 5.92 Å². The van der Waals surface area contributed by atoms with Gasteiger partial charge in [0.15, 0.2) is 5.82 Å². The molecule has 32 heavy (non-hydrogen) atoms. The molecule has 2 heterocycles. The maximum absolute atomic E-state index is 13.6. The van der Waals surface area contributed by atoms with Gasteiger partial charge in [-0.3, -0.25) is 4.90 Å². The number of nitrogens with one attached hydrogen (secondary N) is 1. The lowest BCUT2D eigenvalue weighted by Crippen LogP contribution is -2.56. The Labute approximate surface area is 190 Å². The van der Waals surface area contributed by atoms with Gasteiger partial charge in [0.25, 0.3) is 0 Å². The molecule has 1 spiro atoms. The van der Waals surface area contributed by atoms with Crippen molar-refractivity contribution in [3.8, 4) is 5.88 Å². The fourth-order valence-electron chi connectivity index (χ4n) is 5.74. The van der Waals surface area contributed by atoms with Gasteiger partial charge in [-0.15, -0.1) is 0 Å². The van der Waals surface area contributed by atoms with Crippen LogP contribution in [-0.2, 0) is 5.54 Å². The maximum Gasteiger partial charge on any atom is 0.326 e. The molecule has 1 aromatic carbocycles. The number of hydrogen-bond donors (Lipinski definition) is 1. The lowest BCUT2D eigenvalue weighted by Gasteiger charge is -2.49. The number of hydrogen-bond acceptors (Lipinski definition) is 5. The summed E-state index contributed by atoms with van der Waals surface area (Å²) in [5.74, 6) is 1.70. The number of nitrogens with zero attached hydrogens (tertiary/aromatic N) is 4. The number of aromatic nitrogens is 2. The van der Waals surface area contributed by atoms with Crippen LogP contribution >= 0.6 is 0 Å². The zero-order chi connectivity index (χ0) is 22.2. The fourth-order valence-corrected chi connectivity index (χ4v) is 5.74. The summed E-state index contributed by atoms with van der Waals surface area (Å²) in [5.41, 5.74) is 1.15. The number of benzene rings is 1. The molecule has 3 fully saturated rings. The van der Waals surface area contributed by atoms with Crippen molar-refractivity contribution in [2.75, 3.05) is 32.1 Å². The summed E-state index contributed by atoms with van der Waals surface area (Å²) >= 11 is 0. The highest BCUT2D eigenvalue weighted by atomic mass is 16.5. The number of urea groups is 1. The molecular formula is C25H33N5O2. The first kappa shape index (κ1) is 21.2. The summed E-state index contributed by atoms with van der Waals surface area (Å²) in [6.45, 7) is 1.53. The average molecular weight is 436 g/mol. The molecule has 1 N–H and O–H groups in total. The number of ether oxygens (including phenoxy) is 1. The van der Waals surface area contributed by atoms with Crippen LogP contribution in [-0.4, -0.2) is 53.7 Å². The van der Waals surface area contributed by atoms with Crippen molar-refractivity contribution >= 4 is 11.8 Å². The van der Waals surface area contributed by atoms with Gasteiger partial charge in [0, 0.05) is 12.1 Å². The molecule has 1 aliphatic heterocycles. The predicted octanol–water partition coefficient (Wildman–Crippen LogP) is 3.96. The van der Waals surface area contributed by atoms with Crippen LogP contribution in [0.5, 0.6) is 5.88 Å². The Hall–Kier alpha value is -2.67. The van der Waals surface area contributed by atoms with Gasteiger partial charge in [-0.2, -0.15) is 0 Å². The summed E-state index contributed by atoms with van der Waals surface area (Å²) < 4.78 is 5.15. The molecule has 1 aromatic heterocycles. The van der Waals surface area contributed by atoms with Gasteiger partial charge >= 0.3 is 6.03 Å². The highest BCUT2D eigenvalue weighted by molar-refractivity contribution is 5.94. The van der Waals surface area contributed by atoms with Gasteiger partial charge in [0.1, 0.15) is 0 Å². The van der Waals surface area contributed by atoms with E-state index in [0.717, 1.165) is 32.2 Å². The highest BCUT2D eigenvalue weighted by Crippen LogP contribution is 2.48. The Balaban J connectivity index is 1.42. The molecule has 2 saturated carbocycles. The van der Waals surface area contributed by atoms with Crippen molar-refractivity contribution in [1.82, 2.24) is 20.2 Å². The number of carbonyl (C=O) groups is 1. The molecule has 0 bridgehead atoms. The Morgan fingerprint density at radius 1 is 1.09 bits per heavy atom. The van der Waals surface area contributed by atoms with Gasteiger partial charge < -0.3 is 15.0 Å². The minimum Gasteiger partial charge on any atom is -0.480 e. The van der Waals surface area contributed by atoms with Crippen LogP contribution in [0.25, 0.3) is 0 Å². The Morgan fingerprint density at radius 2 is 1.84 bits per heavy atom. The SMILES string of the molecule is CNC1(c2ccccc2)CCC2(CC1)CN(c1cnc(OC)cn1)C(=O)N2CC1CCC1. The molecule has 7 heteroatoms.